The monoisotopic (exact) mass is 259 g/mol. The molecule has 0 radical (unpaired) electrons. The Balaban J connectivity index is 1.77. The summed E-state index contributed by atoms with van der Waals surface area (Å²) in [5.74, 6) is 0.756. The van der Waals surface area contributed by atoms with Crippen LogP contribution in [0.2, 0.25) is 0 Å². The van der Waals surface area contributed by atoms with Crippen LogP contribution in [-0.2, 0) is 0 Å². The van der Waals surface area contributed by atoms with E-state index in [1.165, 1.54) is 0 Å². The number of rotatable bonds is 4. The van der Waals surface area contributed by atoms with Crippen LogP contribution in [0.25, 0.3) is 11.5 Å². The molecule has 1 fully saturated rings. The van der Waals surface area contributed by atoms with Crippen molar-refractivity contribution in [2.45, 2.75) is 18.9 Å². The number of aromatic nitrogens is 2. The van der Waals surface area contributed by atoms with Crippen LogP contribution >= 0.6 is 0 Å². The van der Waals surface area contributed by atoms with Crippen molar-refractivity contribution in [2.75, 3.05) is 7.11 Å². The Kier molecular flexibility index (Phi) is 2.91. The van der Waals surface area contributed by atoms with Crippen molar-refractivity contribution in [3.63, 3.8) is 0 Å². The standard InChI is InChI=1S/C13H13N3O3/c1-18-10-6-2-8(3-7-10)12-15-16-13(19-12)11(17)14-9-4-5-9/h2-3,6-7,9H,4-5H2,1H3,(H,14,17). The van der Waals surface area contributed by atoms with Crippen molar-refractivity contribution >= 4 is 5.91 Å². The minimum Gasteiger partial charge on any atom is -0.497 e. The Morgan fingerprint density at radius 2 is 2.05 bits per heavy atom. The van der Waals surface area contributed by atoms with E-state index in [4.69, 9.17) is 9.15 Å². The molecule has 0 unspecified atom stereocenters. The van der Waals surface area contributed by atoms with E-state index in [1.54, 1.807) is 31.4 Å². The Bertz CT molecular complexity index is 587. The molecule has 6 nitrogen and oxygen atoms in total. The third-order valence-corrected chi connectivity index (χ3v) is 2.87. The highest BCUT2D eigenvalue weighted by atomic mass is 16.5. The molecule has 1 aliphatic rings. The van der Waals surface area contributed by atoms with Crippen LogP contribution in [0, 0.1) is 0 Å². The molecular weight excluding hydrogens is 246 g/mol. The summed E-state index contributed by atoms with van der Waals surface area (Å²) in [6.07, 6.45) is 2.04. The molecule has 1 aromatic carbocycles. The highest BCUT2D eigenvalue weighted by molar-refractivity contribution is 5.90. The largest absolute Gasteiger partial charge is 0.497 e. The van der Waals surface area contributed by atoms with E-state index < -0.39 is 0 Å². The van der Waals surface area contributed by atoms with Crippen LogP contribution < -0.4 is 10.1 Å². The van der Waals surface area contributed by atoms with Gasteiger partial charge in [-0.1, -0.05) is 0 Å². The maximum atomic E-state index is 11.7. The maximum absolute atomic E-state index is 11.7. The van der Waals surface area contributed by atoms with Gasteiger partial charge in [-0.25, -0.2) is 0 Å². The second kappa shape index (κ2) is 4.72. The molecule has 1 amide bonds. The zero-order valence-corrected chi connectivity index (χ0v) is 10.4. The predicted molar refractivity (Wildman–Crippen MR) is 66.8 cm³/mol. The first-order chi connectivity index (χ1) is 9.26. The van der Waals surface area contributed by atoms with Crippen LogP contribution in [0.5, 0.6) is 5.75 Å². The fourth-order valence-corrected chi connectivity index (χ4v) is 1.64. The molecule has 1 heterocycles. The van der Waals surface area contributed by atoms with E-state index in [2.05, 4.69) is 15.5 Å². The molecule has 0 aliphatic heterocycles. The fraction of sp³-hybridized carbons (Fsp3) is 0.308. The fourth-order valence-electron chi connectivity index (χ4n) is 1.64. The highest BCUT2D eigenvalue weighted by Crippen LogP contribution is 2.22. The molecule has 19 heavy (non-hydrogen) atoms. The van der Waals surface area contributed by atoms with Crippen LogP contribution in [0.15, 0.2) is 28.7 Å². The Morgan fingerprint density at radius 1 is 1.32 bits per heavy atom. The van der Waals surface area contributed by atoms with Gasteiger partial charge in [0.25, 0.3) is 0 Å². The Morgan fingerprint density at radius 3 is 2.68 bits per heavy atom. The van der Waals surface area contributed by atoms with Crippen molar-refractivity contribution in [1.82, 2.24) is 15.5 Å². The molecule has 0 saturated heterocycles. The third-order valence-electron chi connectivity index (χ3n) is 2.87. The summed E-state index contributed by atoms with van der Waals surface area (Å²) in [5, 5.41) is 10.4. The number of ether oxygens (including phenoxy) is 1. The molecule has 1 N–H and O–H groups in total. The van der Waals surface area contributed by atoms with Gasteiger partial charge in [0.15, 0.2) is 0 Å². The summed E-state index contributed by atoms with van der Waals surface area (Å²) in [5.41, 5.74) is 0.749. The number of carbonyl (C=O) groups excluding carboxylic acids is 1. The molecule has 0 atom stereocenters. The SMILES string of the molecule is COc1ccc(-c2nnc(C(=O)NC3CC3)o2)cc1. The minimum atomic E-state index is -0.310. The smallest absolute Gasteiger partial charge is 0.309 e. The summed E-state index contributed by atoms with van der Waals surface area (Å²) >= 11 is 0. The molecular formula is C13H13N3O3. The second-order valence-corrected chi connectivity index (χ2v) is 4.39. The van der Waals surface area contributed by atoms with E-state index >= 15 is 0 Å². The van der Waals surface area contributed by atoms with Crippen molar-refractivity contribution in [1.29, 1.82) is 0 Å². The lowest BCUT2D eigenvalue weighted by Gasteiger charge is -1.99. The van der Waals surface area contributed by atoms with Crippen LogP contribution in [0.4, 0.5) is 0 Å². The number of benzene rings is 1. The Hall–Kier alpha value is -2.37. The predicted octanol–water partition coefficient (Wildman–Crippen LogP) is 1.64. The zero-order valence-electron chi connectivity index (χ0n) is 10.4. The number of amides is 1. The maximum Gasteiger partial charge on any atom is 0.309 e. The normalized spacial score (nSPS) is 14.2. The van der Waals surface area contributed by atoms with Gasteiger partial charge in [0.2, 0.25) is 5.89 Å². The van der Waals surface area contributed by atoms with Crippen LogP contribution in [0.3, 0.4) is 0 Å². The van der Waals surface area contributed by atoms with Crippen molar-refractivity contribution < 1.29 is 13.9 Å². The van der Waals surface area contributed by atoms with Gasteiger partial charge in [0.05, 0.1) is 7.11 Å². The van der Waals surface area contributed by atoms with Gasteiger partial charge >= 0.3 is 11.8 Å². The quantitative estimate of drug-likeness (QED) is 0.903. The third kappa shape index (κ3) is 2.57. The average molecular weight is 259 g/mol. The van der Waals surface area contributed by atoms with E-state index in [1.807, 2.05) is 0 Å². The Labute approximate surface area is 109 Å². The summed E-state index contributed by atoms with van der Waals surface area (Å²) < 4.78 is 10.4. The number of hydrogen-bond acceptors (Lipinski definition) is 5. The number of carbonyl (C=O) groups is 1. The van der Waals surface area contributed by atoms with Gasteiger partial charge < -0.3 is 14.5 Å². The first kappa shape index (κ1) is 11.7. The first-order valence-corrected chi connectivity index (χ1v) is 6.05. The lowest BCUT2D eigenvalue weighted by Crippen LogP contribution is -2.25. The van der Waals surface area contributed by atoms with Gasteiger partial charge in [0.1, 0.15) is 5.75 Å². The van der Waals surface area contributed by atoms with Gasteiger partial charge in [0, 0.05) is 11.6 Å². The van der Waals surface area contributed by atoms with Crippen molar-refractivity contribution in [3.05, 3.63) is 30.2 Å². The van der Waals surface area contributed by atoms with E-state index in [-0.39, 0.29) is 17.8 Å². The molecule has 3 rings (SSSR count). The highest BCUT2D eigenvalue weighted by Gasteiger charge is 2.26. The molecule has 1 saturated carbocycles. The van der Waals surface area contributed by atoms with Gasteiger partial charge in [-0.2, -0.15) is 0 Å². The minimum absolute atomic E-state index is 0.00211. The van der Waals surface area contributed by atoms with E-state index in [0.717, 1.165) is 24.2 Å². The topological polar surface area (TPSA) is 77.2 Å². The molecule has 1 aliphatic carbocycles. The summed E-state index contributed by atoms with van der Waals surface area (Å²) in [7, 11) is 1.60. The average Bonchev–Trinajstić information content (AvgIpc) is 3.11. The lowest BCUT2D eigenvalue weighted by atomic mass is 10.2. The van der Waals surface area contributed by atoms with Crippen molar-refractivity contribution in [3.8, 4) is 17.2 Å². The molecule has 0 spiro atoms. The number of methoxy groups -OCH3 is 1. The summed E-state index contributed by atoms with van der Waals surface area (Å²) in [6, 6.07) is 7.46. The van der Waals surface area contributed by atoms with E-state index in [0.29, 0.717) is 5.89 Å². The van der Waals surface area contributed by atoms with Gasteiger partial charge in [-0.15, -0.1) is 10.2 Å². The molecule has 1 aromatic heterocycles. The lowest BCUT2D eigenvalue weighted by molar-refractivity contribution is 0.0917. The van der Waals surface area contributed by atoms with Gasteiger partial charge in [-0.3, -0.25) is 4.79 Å². The first-order valence-electron chi connectivity index (χ1n) is 6.05. The number of hydrogen-bond donors (Lipinski definition) is 1. The molecule has 0 bridgehead atoms. The molecule has 6 heteroatoms. The zero-order chi connectivity index (χ0) is 13.2. The number of nitrogens with one attached hydrogen (secondary N) is 1. The molecule has 98 valence electrons. The number of nitrogens with zero attached hydrogens (tertiary/aromatic N) is 2. The van der Waals surface area contributed by atoms with Crippen LogP contribution in [-0.4, -0.2) is 29.3 Å². The van der Waals surface area contributed by atoms with Gasteiger partial charge in [-0.05, 0) is 37.1 Å². The second-order valence-electron chi connectivity index (χ2n) is 4.39. The summed E-state index contributed by atoms with van der Waals surface area (Å²) in [6.45, 7) is 0. The summed E-state index contributed by atoms with van der Waals surface area (Å²) in [4.78, 5) is 11.7. The van der Waals surface area contributed by atoms with Crippen LogP contribution in [0.1, 0.15) is 23.5 Å². The molecule has 2 aromatic rings. The van der Waals surface area contributed by atoms with Crippen molar-refractivity contribution in [2.24, 2.45) is 0 Å². The van der Waals surface area contributed by atoms with E-state index in [9.17, 15) is 4.79 Å².